The monoisotopic (exact) mass is 313 g/mol. The number of nitro groups is 1. The van der Waals surface area contributed by atoms with Crippen LogP contribution >= 0.6 is 0 Å². The minimum atomic E-state index is -4.49. The van der Waals surface area contributed by atoms with Crippen molar-refractivity contribution in [2.45, 2.75) is 6.18 Å². The Labute approximate surface area is 123 Å². The standard InChI is InChI=1S/C14H10F3NO4/c1-21-13-6-5-11(8-12(13)18(19)20)22-10-4-2-3-9(7-10)14(15,16)17/h2-8H,1H3. The molecular formula is C14H10F3NO4. The average Bonchev–Trinajstić information content (AvgIpc) is 2.46. The van der Waals surface area contributed by atoms with Crippen molar-refractivity contribution in [2.75, 3.05) is 7.11 Å². The Morgan fingerprint density at radius 2 is 1.77 bits per heavy atom. The molecule has 0 aliphatic heterocycles. The highest BCUT2D eigenvalue weighted by atomic mass is 19.4. The van der Waals surface area contributed by atoms with E-state index >= 15 is 0 Å². The van der Waals surface area contributed by atoms with E-state index in [9.17, 15) is 23.3 Å². The number of halogens is 3. The number of methoxy groups -OCH3 is 1. The molecule has 22 heavy (non-hydrogen) atoms. The number of rotatable bonds is 4. The molecule has 0 fully saturated rings. The molecule has 0 saturated heterocycles. The van der Waals surface area contributed by atoms with Gasteiger partial charge < -0.3 is 9.47 Å². The Hall–Kier alpha value is -2.77. The molecule has 2 aromatic rings. The molecule has 0 spiro atoms. The molecule has 0 saturated carbocycles. The lowest BCUT2D eigenvalue weighted by Gasteiger charge is -2.10. The van der Waals surface area contributed by atoms with Gasteiger partial charge >= 0.3 is 11.9 Å². The summed E-state index contributed by atoms with van der Waals surface area (Å²) in [6.07, 6.45) is -4.49. The highest BCUT2D eigenvalue weighted by Crippen LogP contribution is 2.35. The van der Waals surface area contributed by atoms with Crippen molar-refractivity contribution in [3.05, 3.63) is 58.1 Å². The molecule has 5 nitrogen and oxygen atoms in total. The number of alkyl halides is 3. The van der Waals surface area contributed by atoms with Crippen molar-refractivity contribution in [3.63, 3.8) is 0 Å². The summed E-state index contributed by atoms with van der Waals surface area (Å²) in [4.78, 5) is 10.2. The molecule has 0 radical (unpaired) electrons. The van der Waals surface area contributed by atoms with E-state index in [-0.39, 0.29) is 22.9 Å². The summed E-state index contributed by atoms with van der Waals surface area (Å²) >= 11 is 0. The van der Waals surface area contributed by atoms with Gasteiger partial charge in [0, 0.05) is 0 Å². The van der Waals surface area contributed by atoms with E-state index in [4.69, 9.17) is 9.47 Å². The zero-order chi connectivity index (χ0) is 16.3. The molecule has 8 heteroatoms. The van der Waals surface area contributed by atoms with Gasteiger partial charge in [0.25, 0.3) is 0 Å². The van der Waals surface area contributed by atoms with E-state index in [1.807, 2.05) is 0 Å². The Morgan fingerprint density at radius 3 is 2.36 bits per heavy atom. The second kappa shape index (κ2) is 5.92. The highest BCUT2D eigenvalue weighted by molar-refractivity contribution is 5.51. The van der Waals surface area contributed by atoms with Gasteiger partial charge in [-0.25, -0.2) is 0 Å². The summed E-state index contributed by atoms with van der Waals surface area (Å²) in [5.74, 6) is -0.0116. The number of ether oxygens (including phenoxy) is 2. The third-order valence-corrected chi connectivity index (χ3v) is 2.74. The third-order valence-electron chi connectivity index (χ3n) is 2.74. The van der Waals surface area contributed by atoms with Crippen molar-refractivity contribution >= 4 is 5.69 Å². The van der Waals surface area contributed by atoms with Gasteiger partial charge in [0.15, 0.2) is 5.75 Å². The first kappa shape index (κ1) is 15.6. The summed E-state index contributed by atoms with van der Waals surface area (Å²) in [6, 6.07) is 7.99. The smallest absolute Gasteiger partial charge is 0.416 e. The van der Waals surface area contributed by atoms with Crippen LogP contribution in [0.4, 0.5) is 18.9 Å². The van der Waals surface area contributed by atoms with Crippen molar-refractivity contribution in [1.82, 2.24) is 0 Å². The quantitative estimate of drug-likeness (QED) is 0.619. The Balaban J connectivity index is 2.32. The summed E-state index contributed by atoms with van der Waals surface area (Å²) < 4.78 is 47.9. The van der Waals surface area contributed by atoms with Crippen molar-refractivity contribution < 1.29 is 27.6 Å². The zero-order valence-electron chi connectivity index (χ0n) is 11.3. The lowest BCUT2D eigenvalue weighted by molar-refractivity contribution is -0.385. The van der Waals surface area contributed by atoms with Crippen LogP contribution in [0.1, 0.15) is 5.56 Å². The number of benzene rings is 2. The van der Waals surface area contributed by atoms with Gasteiger partial charge in [0.2, 0.25) is 0 Å². The lowest BCUT2D eigenvalue weighted by Crippen LogP contribution is -2.04. The van der Waals surface area contributed by atoms with Gasteiger partial charge in [0.05, 0.1) is 23.7 Å². The molecule has 0 aromatic heterocycles. The largest absolute Gasteiger partial charge is 0.490 e. The van der Waals surface area contributed by atoms with Gasteiger partial charge in [0.1, 0.15) is 11.5 Å². The number of nitrogens with zero attached hydrogens (tertiary/aromatic N) is 1. The maximum Gasteiger partial charge on any atom is 0.416 e. The average molecular weight is 313 g/mol. The van der Waals surface area contributed by atoms with Crippen LogP contribution in [0.2, 0.25) is 0 Å². The first-order valence-electron chi connectivity index (χ1n) is 5.99. The van der Waals surface area contributed by atoms with Crippen LogP contribution in [0.5, 0.6) is 17.2 Å². The van der Waals surface area contributed by atoms with Crippen LogP contribution in [0.3, 0.4) is 0 Å². The fourth-order valence-corrected chi connectivity index (χ4v) is 1.75. The minimum absolute atomic E-state index is 0.0291. The molecule has 0 N–H and O–H groups in total. The number of hydrogen-bond acceptors (Lipinski definition) is 4. The lowest BCUT2D eigenvalue weighted by atomic mass is 10.2. The molecular weight excluding hydrogens is 303 g/mol. The summed E-state index contributed by atoms with van der Waals surface area (Å²) in [5.41, 5.74) is -1.21. The fourth-order valence-electron chi connectivity index (χ4n) is 1.75. The van der Waals surface area contributed by atoms with Crippen LogP contribution in [-0.2, 0) is 6.18 Å². The first-order valence-corrected chi connectivity index (χ1v) is 5.99. The maximum atomic E-state index is 12.6. The van der Waals surface area contributed by atoms with Crippen molar-refractivity contribution in [2.24, 2.45) is 0 Å². The Kier molecular flexibility index (Phi) is 4.20. The van der Waals surface area contributed by atoms with Crippen LogP contribution in [0, 0.1) is 10.1 Å². The van der Waals surface area contributed by atoms with Crippen molar-refractivity contribution in [1.29, 1.82) is 0 Å². The van der Waals surface area contributed by atoms with Gasteiger partial charge in [-0.1, -0.05) is 6.07 Å². The third kappa shape index (κ3) is 3.46. The molecule has 0 heterocycles. The molecule has 0 aliphatic rings. The zero-order valence-corrected chi connectivity index (χ0v) is 11.3. The summed E-state index contributed by atoms with van der Waals surface area (Å²) in [6.45, 7) is 0. The van der Waals surface area contributed by atoms with E-state index in [2.05, 4.69) is 0 Å². The van der Waals surface area contributed by atoms with Gasteiger partial charge in [-0.2, -0.15) is 13.2 Å². The molecule has 0 aliphatic carbocycles. The van der Waals surface area contributed by atoms with Crippen LogP contribution in [0.15, 0.2) is 42.5 Å². The summed E-state index contributed by atoms with van der Waals surface area (Å²) in [7, 11) is 1.27. The molecule has 2 aromatic carbocycles. The Bertz CT molecular complexity index is 701. The maximum absolute atomic E-state index is 12.6. The van der Waals surface area contributed by atoms with Crippen LogP contribution in [-0.4, -0.2) is 12.0 Å². The van der Waals surface area contributed by atoms with E-state index < -0.39 is 16.7 Å². The fraction of sp³-hybridized carbons (Fsp3) is 0.143. The van der Waals surface area contributed by atoms with Crippen LogP contribution < -0.4 is 9.47 Å². The SMILES string of the molecule is COc1ccc(Oc2cccc(C(F)(F)F)c2)cc1[N+](=O)[O-]. The number of hydrogen-bond donors (Lipinski definition) is 0. The predicted molar refractivity (Wildman–Crippen MR) is 71.2 cm³/mol. The van der Waals surface area contributed by atoms with E-state index in [1.54, 1.807) is 0 Å². The summed E-state index contributed by atoms with van der Waals surface area (Å²) in [5, 5.41) is 10.9. The number of nitro benzene ring substituents is 1. The van der Waals surface area contributed by atoms with Crippen LogP contribution in [0.25, 0.3) is 0 Å². The topological polar surface area (TPSA) is 61.6 Å². The van der Waals surface area contributed by atoms with E-state index in [1.165, 1.54) is 31.4 Å². The normalized spacial score (nSPS) is 11.1. The molecule has 0 bridgehead atoms. The predicted octanol–water partition coefficient (Wildman–Crippen LogP) is 4.41. The van der Waals surface area contributed by atoms with Gasteiger partial charge in [-0.3, -0.25) is 10.1 Å². The molecule has 0 atom stereocenters. The molecule has 116 valence electrons. The second-order valence-electron chi connectivity index (χ2n) is 4.22. The van der Waals surface area contributed by atoms with Crippen molar-refractivity contribution in [3.8, 4) is 17.2 Å². The molecule has 0 unspecified atom stereocenters. The Morgan fingerprint density at radius 1 is 1.09 bits per heavy atom. The van der Waals surface area contributed by atoms with E-state index in [0.717, 1.165) is 18.2 Å². The van der Waals surface area contributed by atoms with Gasteiger partial charge in [-0.05, 0) is 30.3 Å². The highest BCUT2D eigenvalue weighted by Gasteiger charge is 2.30. The minimum Gasteiger partial charge on any atom is -0.490 e. The first-order chi connectivity index (χ1) is 10.3. The van der Waals surface area contributed by atoms with E-state index in [0.29, 0.717) is 0 Å². The van der Waals surface area contributed by atoms with Gasteiger partial charge in [-0.15, -0.1) is 0 Å². The second-order valence-corrected chi connectivity index (χ2v) is 4.22. The molecule has 0 amide bonds. The molecule has 2 rings (SSSR count).